The predicted molar refractivity (Wildman–Crippen MR) is 97.0 cm³/mol. The summed E-state index contributed by atoms with van der Waals surface area (Å²) in [5.41, 5.74) is 2.58. The van der Waals surface area contributed by atoms with Gasteiger partial charge < -0.3 is 14.4 Å². The molecule has 1 aromatic heterocycles. The molecule has 2 amide bonds. The van der Waals surface area contributed by atoms with E-state index in [9.17, 15) is 9.59 Å². The van der Waals surface area contributed by atoms with Crippen LogP contribution in [0.3, 0.4) is 0 Å². The first kappa shape index (κ1) is 17.5. The molecular weight excluding hydrogens is 316 g/mol. The molecule has 0 saturated carbocycles. The number of hydrogen-bond donors (Lipinski definition) is 0. The lowest BCUT2D eigenvalue weighted by Crippen LogP contribution is -2.53. The van der Waals surface area contributed by atoms with Crippen LogP contribution >= 0.6 is 0 Å². The summed E-state index contributed by atoms with van der Waals surface area (Å²) in [5.74, 6) is 0.262. The van der Waals surface area contributed by atoms with Gasteiger partial charge in [-0.15, -0.1) is 0 Å². The van der Waals surface area contributed by atoms with Crippen LogP contribution in [0.1, 0.15) is 26.3 Å². The van der Waals surface area contributed by atoms with Crippen LogP contribution in [0.15, 0.2) is 24.5 Å². The summed E-state index contributed by atoms with van der Waals surface area (Å²) >= 11 is 0. The number of benzene rings is 1. The van der Waals surface area contributed by atoms with Crippen LogP contribution in [0.2, 0.25) is 0 Å². The van der Waals surface area contributed by atoms with E-state index in [0.717, 1.165) is 16.6 Å². The molecule has 3 rings (SSSR count). The third kappa shape index (κ3) is 3.67. The number of aryl methyl sites for hydroxylation is 1. The molecule has 1 aromatic carbocycles. The molecule has 0 unspecified atom stereocenters. The second-order valence-corrected chi connectivity index (χ2v) is 7.78. The number of rotatable bonds is 2. The second-order valence-electron chi connectivity index (χ2n) is 7.78. The number of imidazole rings is 1. The summed E-state index contributed by atoms with van der Waals surface area (Å²) in [6, 6.07) is 5.97. The Morgan fingerprint density at radius 2 is 1.72 bits per heavy atom. The molecule has 0 N–H and O–H groups in total. The van der Waals surface area contributed by atoms with Crippen molar-refractivity contribution in [1.82, 2.24) is 19.4 Å². The van der Waals surface area contributed by atoms with Crippen molar-refractivity contribution >= 4 is 22.8 Å². The van der Waals surface area contributed by atoms with E-state index in [1.165, 1.54) is 0 Å². The Balaban J connectivity index is 1.59. The SMILES string of the molecule is Cn1cnc2cc(CC(=O)N3CCN(C(=O)C(C)(C)C)CC3)ccc21. The van der Waals surface area contributed by atoms with Crippen LogP contribution in [-0.2, 0) is 23.1 Å². The zero-order valence-corrected chi connectivity index (χ0v) is 15.5. The maximum absolute atomic E-state index is 12.6. The highest BCUT2D eigenvalue weighted by Gasteiger charge is 2.30. The van der Waals surface area contributed by atoms with Crippen molar-refractivity contribution in [2.24, 2.45) is 12.5 Å². The standard InChI is InChI=1S/C19H26N4O2/c1-19(2,3)18(25)23-9-7-22(8-10-23)17(24)12-14-5-6-16-15(11-14)20-13-21(16)4/h5-6,11,13H,7-10,12H2,1-4H3. The lowest BCUT2D eigenvalue weighted by Gasteiger charge is -2.37. The van der Waals surface area contributed by atoms with Crippen LogP contribution in [0.5, 0.6) is 0 Å². The normalized spacial score (nSPS) is 15.7. The number of piperazine rings is 1. The van der Waals surface area contributed by atoms with Crippen molar-refractivity contribution in [2.45, 2.75) is 27.2 Å². The minimum Gasteiger partial charge on any atom is -0.339 e. The second kappa shape index (κ2) is 6.50. The number of hydrogen-bond acceptors (Lipinski definition) is 3. The first-order chi connectivity index (χ1) is 11.8. The maximum Gasteiger partial charge on any atom is 0.228 e. The predicted octanol–water partition coefficient (Wildman–Crippen LogP) is 1.83. The summed E-state index contributed by atoms with van der Waals surface area (Å²) in [6.45, 7) is 8.23. The Hall–Kier alpha value is -2.37. The van der Waals surface area contributed by atoms with Gasteiger partial charge in [-0.1, -0.05) is 26.8 Å². The Bertz CT molecular complexity index is 795. The Morgan fingerprint density at radius 1 is 1.08 bits per heavy atom. The van der Waals surface area contributed by atoms with Crippen molar-refractivity contribution in [3.8, 4) is 0 Å². The molecular formula is C19H26N4O2. The van der Waals surface area contributed by atoms with Gasteiger partial charge in [0.15, 0.2) is 0 Å². The molecule has 2 aromatic rings. The highest BCUT2D eigenvalue weighted by atomic mass is 16.2. The molecule has 1 saturated heterocycles. The van der Waals surface area contributed by atoms with Gasteiger partial charge in [-0.3, -0.25) is 9.59 Å². The zero-order valence-electron chi connectivity index (χ0n) is 15.5. The van der Waals surface area contributed by atoms with Crippen molar-refractivity contribution in [3.63, 3.8) is 0 Å². The van der Waals surface area contributed by atoms with Gasteiger partial charge in [0.05, 0.1) is 23.8 Å². The number of aromatic nitrogens is 2. The zero-order chi connectivity index (χ0) is 18.2. The molecule has 1 fully saturated rings. The van der Waals surface area contributed by atoms with Gasteiger partial charge in [0.1, 0.15) is 0 Å². The average molecular weight is 342 g/mol. The molecule has 25 heavy (non-hydrogen) atoms. The number of nitrogens with zero attached hydrogens (tertiary/aromatic N) is 4. The Labute approximate surface area is 148 Å². The van der Waals surface area contributed by atoms with Gasteiger partial charge in [-0.05, 0) is 17.7 Å². The molecule has 0 aliphatic carbocycles. The van der Waals surface area contributed by atoms with Crippen LogP contribution in [0.25, 0.3) is 11.0 Å². The Kier molecular flexibility index (Phi) is 4.54. The first-order valence-electron chi connectivity index (χ1n) is 8.73. The summed E-state index contributed by atoms with van der Waals surface area (Å²) < 4.78 is 1.96. The number of fused-ring (bicyclic) bond motifs is 1. The highest BCUT2D eigenvalue weighted by Crippen LogP contribution is 2.19. The van der Waals surface area contributed by atoms with Gasteiger partial charge in [0, 0.05) is 38.6 Å². The van der Waals surface area contributed by atoms with Crippen molar-refractivity contribution < 1.29 is 9.59 Å². The topological polar surface area (TPSA) is 58.4 Å². The van der Waals surface area contributed by atoms with Crippen molar-refractivity contribution in [3.05, 3.63) is 30.1 Å². The molecule has 1 aliphatic rings. The van der Waals surface area contributed by atoms with E-state index < -0.39 is 0 Å². The van der Waals surface area contributed by atoms with Gasteiger partial charge >= 0.3 is 0 Å². The molecule has 1 aliphatic heterocycles. The summed E-state index contributed by atoms with van der Waals surface area (Å²) in [6.07, 6.45) is 2.15. The summed E-state index contributed by atoms with van der Waals surface area (Å²) in [7, 11) is 1.96. The summed E-state index contributed by atoms with van der Waals surface area (Å²) in [5, 5.41) is 0. The van der Waals surface area contributed by atoms with Crippen LogP contribution in [0, 0.1) is 5.41 Å². The molecule has 0 atom stereocenters. The largest absolute Gasteiger partial charge is 0.339 e. The fraction of sp³-hybridized carbons (Fsp3) is 0.526. The molecule has 6 heteroatoms. The smallest absolute Gasteiger partial charge is 0.228 e. The summed E-state index contributed by atoms with van der Waals surface area (Å²) in [4.78, 5) is 33.0. The number of amides is 2. The first-order valence-corrected chi connectivity index (χ1v) is 8.73. The van der Waals surface area contributed by atoms with E-state index >= 15 is 0 Å². The third-order valence-corrected chi connectivity index (χ3v) is 4.71. The van der Waals surface area contributed by atoms with Gasteiger partial charge in [0.2, 0.25) is 11.8 Å². The fourth-order valence-electron chi connectivity index (χ4n) is 3.21. The van der Waals surface area contributed by atoms with Crippen LogP contribution in [0.4, 0.5) is 0 Å². The molecule has 6 nitrogen and oxygen atoms in total. The molecule has 0 spiro atoms. The maximum atomic E-state index is 12.6. The fourth-order valence-corrected chi connectivity index (χ4v) is 3.21. The minimum absolute atomic E-state index is 0.109. The lowest BCUT2D eigenvalue weighted by atomic mass is 9.94. The van der Waals surface area contributed by atoms with E-state index in [2.05, 4.69) is 4.98 Å². The van der Waals surface area contributed by atoms with Crippen molar-refractivity contribution in [1.29, 1.82) is 0 Å². The van der Waals surface area contributed by atoms with E-state index in [1.807, 2.05) is 60.4 Å². The van der Waals surface area contributed by atoms with Gasteiger partial charge in [0.25, 0.3) is 0 Å². The molecule has 134 valence electrons. The quantitative estimate of drug-likeness (QED) is 0.837. The minimum atomic E-state index is -0.371. The third-order valence-electron chi connectivity index (χ3n) is 4.71. The average Bonchev–Trinajstić information content (AvgIpc) is 2.94. The molecule has 0 radical (unpaired) electrons. The number of carbonyl (C=O) groups is 2. The van der Waals surface area contributed by atoms with Gasteiger partial charge in [-0.2, -0.15) is 0 Å². The monoisotopic (exact) mass is 342 g/mol. The number of carbonyl (C=O) groups excluding carboxylic acids is 2. The van der Waals surface area contributed by atoms with E-state index in [0.29, 0.717) is 32.6 Å². The van der Waals surface area contributed by atoms with Crippen molar-refractivity contribution in [2.75, 3.05) is 26.2 Å². The van der Waals surface area contributed by atoms with Crippen LogP contribution in [-0.4, -0.2) is 57.3 Å². The molecule has 0 bridgehead atoms. The lowest BCUT2D eigenvalue weighted by molar-refractivity contribution is -0.144. The molecule has 2 heterocycles. The van der Waals surface area contributed by atoms with E-state index in [4.69, 9.17) is 0 Å². The van der Waals surface area contributed by atoms with E-state index in [1.54, 1.807) is 6.33 Å². The van der Waals surface area contributed by atoms with Gasteiger partial charge in [-0.25, -0.2) is 4.98 Å². The van der Waals surface area contributed by atoms with E-state index in [-0.39, 0.29) is 17.2 Å². The van der Waals surface area contributed by atoms with Crippen LogP contribution < -0.4 is 0 Å². The highest BCUT2D eigenvalue weighted by molar-refractivity contribution is 5.83. The Morgan fingerprint density at radius 3 is 2.36 bits per heavy atom.